The molecule has 1 N–H and O–H groups in total. The van der Waals surface area contributed by atoms with Crippen LogP contribution in [0.15, 0.2) is 10.6 Å². The first-order valence-electron chi connectivity index (χ1n) is 6.66. The molecule has 0 bridgehead atoms. The van der Waals surface area contributed by atoms with Crippen molar-refractivity contribution in [2.24, 2.45) is 0 Å². The Morgan fingerprint density at radius 1 is 1.47 bits per heavy atom. The van der Waals surface area contributed by atoms with Crippen LogP contribution in [0.4, 0.5) is 0 Å². The molecular formula is C13H23N3O. The van der Waals surface area contributed by atoms with E-state index in [1.807, 2.05) is 13.0 Å². The first-order valence-corrected chi connectivity index (χ1v) is 6.66. The molecule has 1 aromatic heterocycles. The maximum Gasteiger partial charge on any atom is 0.133 e. The van der Waals surface area contributed by atoms with Gasteiger partial charge in [0.05, 0.1) is 5.69 Å². The number of aryl methyl sites for hydroxylation is 1. The van der Waals surface area contributed by atoms with Crippen LogP contribution in [0, 0.1) is 6.92 Å². The van der Waals surface area contributed by atoms with Crippen LogP contribution in [0.5, 0.6) is 0 Å². The average Bonchev–Trinajstić information content (AvgIpc) is 2.63. The lowest BCUT2D eigenvalue weighted by atomic mass is 10.1. The second-order valence-corrected chi connectivity index (χ2v) is 4.87. The summed E-state index contributed by atoms with van der Waals surface area (Å²) < 4.78 is 5.07. The molecule has 0 saturated carbocycles. The van der Waals surface area contributed by atoms with Gasteiger partial charge in [-0.15, -0.1) is 0 Å². The third-order valence-corrected chi connectivity index (χ3v) is 3.52. The average molecular weight is 237 g/mol. The maximum atomic E-state index is 5.07. The van der Waals surface area contributed by atoms with Crippen LogP contribution >= 0.6 is 0 Å². The van der Waals surface area contributed by atoms with Crippen LogP contribution in [-0.2, 0) is 6.54 Å². The van der Waals surface area contributed by atoms with Crippen molar-refractivity contribution in [2.75, 3.05) is 19.6 Å². The Labute approximate surface area is 103 Å². The first kappa shape index (κ1) is 12.6. The van der Waals surface area contributed by atoms with Crippen molar-refractivity contribution in [3.05, 3.63) is 17.5 Å². The normalized spacial score (nSPS) is 22.6. The first-order chi connectivity index (χ1) is 8.28. The van der Waals surface area contributed by atoms with E-state index in [-0.39, 0.29) is 0 Å². The highest BCUT2D eigenvalue weighted by Gasteiger charge is 2.15. The number of nitrogens with zero attached hydrogens (tertiary/aromatic N) is 2. The van der Waals surface area contributed by atoms with E-state index in [4.69, 9.17) is 4.52 Å². The summed E-state index contributed by atoms with van der Waals surface area (Å²) in [6, 6.07) is 2.63. The Morgan fingerprint density at radius 3 is 3.06 bits per heavy atom. The molecule has 2 rings (SSSR count). The van der Waals surface area contributed by atoms with E-state index in [0.29, 0.717) is 6.04 Å². The van der Waals surface area contributed by atoms with Crippen LogP contribution in [0.1, 0.15) is 37.6 Å². The van der Waals surface area contributed by atoms with Gasteiger partial charge in [0.25, 0.3) is 0 Å². The van der Waals surface area contributed by atoms with Gasteiger partial charge in [-0.05, 0) is 45.8 Å². The van der Waals surface area contributed by atoms with E-state index in [1.54, 1.807) is 0 Å². The van der Waals surface area contributed by atoms with Gasteiger partial charge in [-0.3, -0.25) is 0 Å². The molecule has 1 atom stereocenters. The van der Waals surface area contributed by atoms with Gasteiger partial charge in [0.15, 0.2) is 0 Å². The Hall–Kier alpha value is -0.870. The third kappa shape index (κ3) is 3.82. The van der Waals surface area contributed by atoms with Gasteiger partial charge < -0.3 is 14.7 Å². The zero-order valence-corrected chi connectivity index (χ0v) is 10.9. The molecule has 4 nitrogen and oxygen atoms in total. The van der Waals surface area contributed by atoms with Crippen molar-refractivity contribution in [1.29, 1.82) is 0 Å². The topological polar surface area (TPSA) is 41.3 Å². The van der Waals surface area contributed by atoms with Gasteiger partial charge in [-0.2, -0.15) is 0 Å². The van der Waals surface area contributed by atoms with E-state index in [0.717, 1.165) is 18.0 Å². The molecule has 1 fully saturated rings. The van der Waals surface area contributed by atoms with Crippen molar-refractivity contribution in [3.63, 3.8) is 0 Å². The monoisotopic (exact) mass is 237 g/mol. The van der Waals surface area contributed by atoms with Crippen LogP contribution < -0.4 is 5.32 Å². The second-order valence-electron chi connectivity index (χ2n) is 4.87. The third-order valence-electron chi connectivity index (χ3n) is 3.52. The van der Waals surface area contributed by atoms with Crippen LogP contribution in [0.3, 0.4) is 0 Å². The molecule has 1 aliphatic rings. The van der Waals surface area contributed by atoms with E-state index in [9.17, 15) is 0 Å². The van der Waals surface area contributed by atoms with Crippen LogP contribution in [-0.4, -0.2) is 35.7 Å². The summed E-state index contributed by atoms with van der Waals surface area (Å²) in [5, 5.41) is 7.59. The summed E-state index contributed by atoms with van der Waals surface area (Å²) in [5.41, 5.74) is 1.01. The molecule has 0 amide bonds. The highest BCUT2D eigenvalue weighted by Crippen LogP contribution is 2.11. The molecule has 0 spiro atoms. The molecule has 1 unspecified atom stereocenters. The standard InChI is InChI=1S/C13H23N3O/c1-3-16-7-4-5-12(6-8-16)14-10-13-9-11(2)17-15-13/h9,12,14H,3-8,10H2,1-2H3. The molecule has 1 aliphatic heterocycles. The van der Waals surface area contributed by atoms with Gasteiger partial charge in [-0.25, -0.2) is 0 Å². The molecule has 1 saturated heterocycles. The molecule has 0 aromatic carbocycles. The number of nitrogens with one attached hydrogen (secondary N) is 1. The minimum atomic E-state index is 0.628. The predicted molar refractivity (Wildman–Crippen MR) is 67.8 cm³/mol. The quantitative estimate of drug-likeness (QED) is 0.869. The highest BCUT2D eigenvalue weighted by atomic mass is 16.5. The highest BCUT2D eigenvalue weighted by molar-refractivity contribution is 5.03. The van der Waals surface area contributed by atoms with E-state index in [2.05, 4.69) is 22.3 Å². The van der Waals surface area contributed by atoms with Crippen molar-refractivity contribution in [2.45, 2.75) is 45.7 Å². The second kappa shape index (κ2) is 6.17. The Bertz CT molecular complexity index is 337. The minimum absolute atomic E-state index is 0.628. The molecule has 2 heterocycles. The van der Waals surface area contributed by atoms with E-state index < -0.39 is 0 Å². The molecule has 1 aromatic rings. The fraction of sp³-hybridized carbons (Fsp3) is 0.769. The van der Waals surface area contributed by atoms with Gasteiger partial charge in [0, 0.05) is 18.7 Å². The Balaban J connectivity index is 1.75. The smallest absolute Gasteiger partial charge is 0.133 e. The number of rotatable bonds is 4. The SMILES string of the molecule is CCN1CCCC(NCc2cc(C)on2)CC1. The molecule has 0 radical (unpaired) electrons. The molecule has 0 aliphatic carbocycles. The van der Waals surface area contributed by atoms with Gasteiger partial charge in [0.1, 0.15) is 5.76 Å². The largest absolute Gasteiger partial charge is 0.361 e. The fourth-order valence-corrected chi connectivity index (χ4v) is 2.43. The summed E-state index contributed by atoms with van der Waals surface area (Å²) in [5.74, 6) is 0.889. The number of likely N-dealkylation sites (tertiary alicyclic amines) is 1. The maximum absolute atomic E-state index is 5.07. The lowest BCUT2D eigenvalue weighted by Crippen LogP contribution is -2.30. The summed E-state index contributed by atoms with van der Waals surface area (Å²) in [6.45, 7) is 8.64. The van der Waals surface area contributed by atoms with Gasteiger partial charge in [0.2, 0.25) is 0 Å². The van der Waals surface area contributed by atoms with E-state index in [1.165, 1.54) is 38.9 Å². The van der Waals surface area contributed by atoms with Crippen molar-refractivity contribution in [1.82, 2.24) is 15.4 Å². The van der Waals surface area contributed by atoms with Gasteiger partial charge >= 0.3 is 0 Å². The molecular weight excluding hydrogens is 214 g/mol. The minimum Gasteiger partial charge on any atom is -0.361 e. The summed E-state index contributed by atoms with van der Waals surface area (Å²) in [7, 11) is 0. The molecule has 4 heteroatoms. The number of hydrogen-bond donors (Lipinski definition) is 1. The summed E-state index contributed by atoms with van der Waals surface area (Å²) in [6.07, 6.45) is 3.81. The number of aromatic nitrogens is 1. The fourth-order valence-electron chi connectivity index (χ4n) is 2.43. The summed E-state index contributed by atoms with van der Waals surface area (Å²) in [4.78, 5) is 2.53. The molecule has 96 valence electrons. The zero-order chi connectivity index (χ0) is 12.1. The Morgan fingerprint density at radius 2 is 2.35 bits per heavy atom. The van der Waals surface area contributed by atoms with Crippen molar-refractivity contribution < 1.29 is 4.52 Å². The van der Waals surface area contributed by atoms with E-state index >= 15 is 0 Å². The summed E-state index contributed by atoms with van der Waals surface area (Å²) >= 11 is 0. The van der Waals surface area contributed by atoms with Gasteiger partial charge in [-0.1, -0.05) is 12.1 Å². The van der Waals surface area contributed by atoms with Crippen LogP contribution in [0.25, 0.3) is 0 Å². The lowest BCUT2D eigenvalue weighted by molar-refractivity contribution is 0.297. The number of hydrogen-bond acceptors (Lipinski definition) is 4. The van der Waals surface area contributed by atoms with Crippen molar-refractivity contribution >= 4 is 0 Å². The predicted octanol–water partition coefficient (Wildman–Crippen LogP) is 1.95. The van der Waals surface area contributed by atoms with Crippen LogP contribution in [0.2, 0.25) is 0 Å². The Kier molecular flexibility index (Phi) is 4.57. The lowest BCUT2D eigenvalue weighted by Gasteiger charge is -2.18. The molecule has 17 heavy (non-hydrogen) atoms. The zero-order valence-electron chi connectivity index (χ0n) is 10.9. The van der Waals surface area contributed by atoms with Crippen molar-refractivity contribution in [3.8, 4) is 0 Å².